The molecule has 0 heterocycles. The van der Waals surface area contributed by atoms with Gasteiger partial charge in [-0.05, 0) is 37.5 Å². The van der Waals surface area contributed by atoms with Crippen LogP contribution in [0, 0.1) is 5.41 Å². The predicted molar refractivity (Wildman–Crippen MR) is 115 cm³/mol. The van der Waals surface area contributed by atoms with E-state index < -0.39 is 0 Å². The Bertz CT molecular complexity index is 807. The minimum atomic E-state index is 0.451. The molecule has 1 rings (SSSR count). The normalized spacial score (nSPS) is 12.2. The molecule has 0 unspecified atom stereocenters. The van der Waals surface area contributed by atoms with Gasteiger partial charge in [0.25, 0.3) is 0 Å². The quantitative estimate of drug-likeness (QED) is 0.530. The van der Waals surface area contributed by atoms with Crippen LogP contribution in [0.15, 0.2) is 71.7 Å². The zero-order valence-electron chi connectivity index (χ0n) is 16.8. The highest BCUT2D eigenvalue weighted by molar-refractivity contribution is 6.09. The van der Waals surface area contributed by atoms with Crippen LogP contribution < -0.4 is 5.32 Å². The minimum absolute atomic E-state index is 0.451. The maximum absolute atomic E-state index is 8.11. The van der Waals surface area contributed by atoms with Crippen LogP contribution in [-0.2, 0) is 0 Å². The molecule has 0 saturated carbocycles. The third-order valence-electron chi connectivity index (χ3n) is 4.25. The van der Waals surface area contributed by atoms with Crippen molar-refractivity contribution < 1.29 is 0 Å². The van der Waals surface area contributed by atoms with Gasteiger partial charge in [0.1, 0.15) is 5.82 Å². The molecule has 4 heteroatoms. The lowest BCUT2D eigenvalue weighted by molar-refractivity contribution is 0.509. The van der Waals surface area contributed by atoms with Gasteiger partial charge in [-0.2, -0.15) is 0 Å². The molecule has 0 aliphatic heterocycles. The van der Waals surface area contributed by atoms with Crippen molar-refractivity contribution in [2.45, 2.75) is 20.8 Å². The highest BCUT2D eigenvalue weighted by atomic mass is 15.2. The minimum Gasteiger partial charge on any atom is -0.391 e. The summed E-state index contributed by atoms with van der Waals surface area (Å²) in [5.74, 6) is 0.684. The number of hydrogen-bond acceptors (Lipinski definition) is 4. The van der Waals surface area contributed by atoms with Crippen molar-refractivity contribution in [2.75, 3.05) is 21.1 Å². The van der Waals surface area contributed by atoms with Crippen LogP contribution in [0.25, 0.3) is 5.57 Å². The number of aliphatic imine (C=N–C) groups is 1. The molecule has 0 bridgehead atoms. The Labute approximate surface area is 157 Å². The Balaban J connectivity index is 3.42. The molecule has 138 valence electrons. The fourth-order valence-electron chi connectivity index (χ4n) is 2.59. The van der Waals surface area contributed by atoms with Crippen LogP contribution in [0.4, 0.5) is 0 Å². The lowest BCUT2D eigenvalue weighted by Crippen LogP contribution is -2.13. The summed E-state index contributed by atoms with van der Waals surface area (Å²) in [6.45, 7) is 18.1. The van der Waals surface area contributed by atoms with E-state index in [1.807, 2.05) is 64.2 Å². The van der Waals surface area contributed by atoms with Gasteiger partial charge in [0.15, 0.2) is 0 Å². The van der Waals surface area contributed by atoms with Gasteiger partial charge in [-0.25, -0.2) is 4.99 Å². The van der Waals surface area contributed by atoms with Crippen LogP contribution in [-0.4, -0.2) is 37.5 Å². The summed E-state index contributed by atoms with van der Waals surface area (Å²) in [6.07, 6.45) is 0. The molecule has 0 fully saturated rings. The smallest absolute Gasteiger partial charge is 0.121 e. The highest BCUT2D eigenvalue weighted by Crippen LogP contribution is 2.30. The van der Waals surface area contributed by atoms with Crippen LogP contribution in [0.1, 0.15) is 31.9 Å². The van der Waals surface area contributed by atoms with Crippen LogP contribution in [0.2, 0.25) is 0 Å². The molecule has 0 spiro atoms. The van der Waals surface area contributed by atoms with E-state index in [0.29, 0.717) is 11.5 Å². The first-order valence-electron chi connectivity index (χ1n) is 8.45. The molecule has 4 nitrogen and oxygen atoms in total. The van der Waals surface area contributed by atoms with Gasteiger partial charge < -0.3 is 15.6 Å². The van der Waals surface area contributed by atoms with Crippen molar-refractivity contribution in [2.24, 2.45) is 4.99 Å². The monoisotopic (exact) mass is 350 g/mol. The zero-order chi connectivity index (χ0) is 20.0. The van der Waals surface area contributed by atoms with E-state index in [4.69, 9.17) is 5.41 Å². The van der Waals surface area contributed by atoms with Gasteiger partial charge >= 0.3 is 0 Å². The first-order chi connectivity index (χ1) is 12.1. The molecular weight excluding hydrogens is 320 g/mol. The van der Waals surface area contributed by atoms with Gasteiger partial charge in [-0.3, -0.25) is 0 Å². The number of hydrogen-bond donors (Lipinski definition) is 2. The second-order valence-electron chi connectivity index (χ2n) is 6.39. The number of allylic oxidation sites excluding steroid dienone is 4. The third-order valence-corrected chi connectivity index (χ3v) is 4.25. The van der Waals surface area contributed by atoms with Gasteiger partial charge in [0, 0.05) is 49.4 Å². The van der Waals surface area contributed by atoms with E-state index in [1.165, 1.54) is 0 Å². The van der Waals surface area contributed by atoms with Crippen molar-refractivity contribution in [3.05, 3.63) is 77.8 Å². The van der Waals surface area contributed by atoms with Gasteiger partial charge in [-0.1, -0.05) is 44.0 Å². The summed E-state index contributed by atoms with van der Waals surface area (Å²) in [5, 5.41) is 11.2. The molecule has 0 aliphatic rings. The first kappa shape index (κ1) is 21.2. The maximum atomic E-state index is 8.11. The summed E-state index contributed by atoms with van der Waals surface area (Å²) in [5.41, 5.74) is 6.42. The summed E-state index contributed by atoms with van der Waals surface area (Å²) >= 11 is 0. The SMILES string of the molecule is C=C(C(=C)c1ccccc1/C(C)=N/C(=C)N(C)C)/C(C(C)=N)=C(\C)NC. The van der Waals surface area contributed by atoms with Crippen LogP contribution in [0.3, 0.4) is 0 Å². The third kappa shape index (κ3) is 4.82. The average Bonchev–Trinajstić information content (AvgIpc) is 2.60. The molecule has 1 aromatic rings. The van der Waals surface area contributed by atoms with E-state index in [1.54, 1.807) is 6.92 Å². The number of nitrogens with one attached hydrogen (secondary N) is 2. The van der Waals surface area contributed by atoms with Crippen molar-refractivity contribution >= 4 is 17.0 Å². The topological polar surface area (TPSA) is 51.5 Å². The Morgan fingerprint density at radius 2 is 1.58 bits per heavy atom. The molecule has 0 aromatic heterocycles. The van der Waals surface area contributed by atoms with Gasteiger partial charge in [-0.15, -0.1) is 0 Å². The summed E-state index contributed by atoms with van der Waals surface area (Å²) < 4.78 is 0. The first-order valence-corrected chi connectivity index (χ1v) is 8.45. The second-order valence-corrected chi connectivity index (χ2v) is 6.39. The van der Waals surface area contributed by atoms with E-state index in [-0.39, 0.29) is 0 Å². The number of rotatable bonds is 8. The molecular formula is C22H30N4. The van der Waals surface area contributed by atoms with E-state index in [2.05, 4.69) is 30.0 Å². The largest absolute Gasteiger partial charge is 0.391 e. The van der Waals surface area contributed by atoms with E-state index >= 15 is 0 Å². The van der Waals surface area contributed by atoms with Crippen molar-refractivity contribution in [3.8, 4) is 0 Å². The molecule has 0 amide bonds. The maximum Gasteiger partial charge on any atom is 0.121 e. The Morgan fingerprint density at radius 1 is 1.04 bits per heavy atom. The molecule has 0 aliphatic carbocycles. The molecule has 2 N–H and O–H groups in total. The lowest BCUT2D eigenvalue weighted by Gasteiger charge is -2.19. The lowest BCUT2D eigenvalue weighted by atomic mass is 9.88. The highest BCUT2D eigenvalue weighted by Gasteiger charge is 2.16. The summed E-state index contributed by atoms with van der Waals surface area (Å²) in [4.78, 5) is 6.46. The van der Waals surface area contributed by atoms with E-state index in [0.717, 1.165) is 39.3 Å². The average molecular weight is 351 g/mol. The predicted octanol–water partition coefficient (Wildman–Crippen LogP) is 4.63. The number of nitrogens with zero attached hydrogens (tertiary/aromatic N) is 2. The molecule has 0 atom stereocenters. The van der Waals surface area contributed by atoms with Crippen LogP contribution in [0.5, 0.6) is 0 Å². The fraction of sp³-hybridized carbons (Fsp3) is 0.273. The molecule has 0 saturated heterocycles. The summed E-state index contributed by atoms with van der Waals surface area (Å²) in [7, 11) is 5.67. The van der Waals surface area contributed by atoms with Crippen molar-refractivity contribution in [1.29, 1.82) is 5.41 Å². The van der Waals surface area contributed by atoms with Gasteiger partial charge in [0.2, 0.25) is 0 Å². The molecule has 1 aromatic carbocycles. The zero-order valence-corrected chi connectivity index (χ0v) is 16.8. The Kier molecular flexibility index (Phi) is 7.32. The van der Waals surface area contributed by atoms with E-state index in [9.17, 15) is 0 Å². The Hall–Kier alpha value is -2.88. The molecule has 0 radical (unpaired) electrons. The molecule has 26 heavy (non-hydrogen) atoms. The van der Waals surface area contributed by atoms with Gasteiger partial charge in [0.05, 0.1) is 0 Å². The standard InChI is InChI=1S/C22H30N4/c1-14(15(2)22(16(3)23)18(5)24-7)20-12-10-11-13-21(20)17(4)25-19(6)26(8)9/h10-13,23-24H,1-2,6H2,3-5,7-9H3/b22-18-,23-16?,25-17+. The fourth-order valence-corrected chi connectivity index (χ4v) is 2.59. The second kappa shape index (κ2) is 8.99. The van der Waals surface area contributed by atoms with Crippen molar-refractivity contribution in [3.63, 3.8) is 0 Å². The van der Waals surface area contributed by atoms with Crippen LogP contribution >= 0.6 is 0 Å². The number of benzene rings is 1. The summed E-state index contributed by atoms with van der Waals surface area (Å²) in [6, 6.07) is 7.97. The Morgan fingerprint density at radius 3 is 2.04 bits per heavy atom. The van der Waals surface area contributed by atoms with Crippen molar-refractivity contribution in [1.82, 2.24) is 10.2 Å².